The number of hydrogen-bond acceptors (Lipinski definition) is 6. The second-order valence-corrected chi connectivity index (χ2v) is 14.3. The van der Waals surface area contributed by atoms with Crippen LogP contribution < -0.4 is 14.4 Å². The molecule has 3 aromatic rings. The third-order valence-corrected chi connectivity index (χ3v) is 9.28. The minimum Gasteiger partial charge on any atom is -0.492 e. The molecule has 0 unspecified atom stereocenters. The van der Waals surface area contributed by atoms with Gasteiger partial charge in [0.2, 0.25) is 11.8 Å². The first-order valence-electron chi connectivity index (χ1n) is 13.5. The number of thioether (sulfide) groups is 1. The van der Waals surface area contributed by atoms with Crippen LogP contribution in [0.3, 0.4) is 0 Å². The van der Waals surface area contributed by atoms with Crippen molar-refractivity contribution >= 4 is 55.2 Å². The number of carbonyl (C=O) groups is 2. The lowest BCUT2D eigenvalue weighted by Gasteiger charge is -2.33. The average Bonchev–Trinajstić information content (AvgIpc) is 2.94. The van der Waals surface area contributed by atoms with Crippen LogP contribution in [0.1, 0.15) is 40.2 Å². The molecule has 42 heavy (non-hydrogen) atoms. The number of ether oxygens (including phenoxy) is 1. The summed E-state index contributed by atoms with van der Waals surface area (Å²) in [5.41, 5.74) is 0.491. The largest absolute Gasteiger partial charge is 0.492 e. The average molecular weight is 677 g/mol. The highest BCUT2D eigenvalue weighted by atomic mass is 79.9. The third kappa shape index (κ3) is 8.75. The molecule has 0 heterocycles. The normalized spacial score (nSPS) is 12.4. The lowest BCUT2D eigenvalue weighted by atomic mass is 10.1. The summed E-state index contributed by atoms with van der Waals surface area (Å²) in [7, 11) is -4.21. The SMILES string of the molecule is CCOc1ccccc1N(CC(=O)N(Cc1cccc(Br)c1)[C@H](C)C(=O)NC(C)(C)C)S(=O)(=O)c1ccc(SC)cc1. The van der Waals surface area contributed by atoms with Crippen molar-refractivity contribution in [1.29, 1.82) is 0 Å². The van der Waals surface area contributed by atoms with E-state index in [9.17, 15) is 18.0 Å². The van der Waals surface area contributed by atoms with E-state index in [1.165, 1.54) is 28.8 Å². The van der Waals surface area contributed by atoms with E-state index in [1.807, 2.05) is 51.3 Å². The van der Waals surface area contributed by atoms with Crippen LogP contribution in [0.15, 0.2) is 87.1 Å². The highest BCUT2D eigenvalue weighted by Crippen LogP contribution is 2.33. The number of carbonyl (C=O) groups excluding carboxylic acids is 2. The molecule has 2 amide bonds. The van der Waals surface area contributed by atoms with Crippen LogP contribution in [0.25, 0.3) is 0 Å². The summed E-state index contributed by atoms with van der Waals surface area (Å²) in [6.07, 6.45) is 1.91. The second-order valence-electron chi connectivity index (χ2n) is 10.7. The Labute approximate surface area is 262 Å². The van der Waals surface area contributed by atoms with Crippen LogP contribution in [0.2, 0.25) is 0 Å². The number of para-hydroxylation sites is 2. The molecular weight excluding hydrogens is 638 g/mol. The predicted molar refractivity (Wildman–Crippen MR) is 172 cm³/mol. The summed E-state index contributed by atoms with van der Waals surface area (Å²) in [6.45, 7) is 8.89. The number of benzene rings is 3. The summed E-state index contributed by atoms with van der Waals surface area (Å²) in [6, 6.07) is 19.8. The van der Waals surface area contributed by atoms with Crippen molar-refractivity contribution in [2.24, 2.45) is 0 Å². The van der Waals surface area contributed by atoms with Crippen molar-refractivity contribution in [1.82, 2.24) is 10.2 Å². The first-order valence-corrected chi connectivity index (χ1v) is 17.0. The maximum Gasteiger partial charge on any atom is 0.264 e. The fourth-order valence-electron chi connectivity index (χ4n) is 4.22. The van der Waals surface area contributed by atoms with Crippen molar-refractivity contribution in [3.63, 3.8) is 0 Å². The number of amides is 2. The summed E-state index contributed by atoms with van der Waals surface area (Å²) < 4.78 is 36.0. The van der Waals surface area contributed by atoms with E-state index in [0.29, 0.717) is 12.4 Å². The van der Waals surface area contributed by atoms with E-state index in [2.05, 4.69) is 21.2 Å². The summed E-state index contributed by atoms with van der Waals surface area (Å²) in [5, 5.41) is 2.93. The summed E-state index contributed by atoms with van der Waals surface area (Å²) in [4.78, 5) is 29.8. The first-order chi connectivity index (χ1) is 19.8. The van der Waals surface area contributed by atoms with E-state index >= 15 is 0 Å². The van der Waals surface area contributed by atoms with E-state index in [1.54, 1.807) is 50.2 Å². The molecule has 0 bridgehead atoms. The van der Waals surface area contributed by atoms with Gasteiger partial charge in [0.25, 0.3) is 10.0 Å². The zero-order valence-corrected chi connectivity index (χ0v) is 28.0. The van der Waals surface area contributed by atoms with Gasteiger partial charge < -0.3 is 15.0 Å². The van der Waals surface area contributed by atoms with E-state index < -0.39 is 34.1 Å². The molecule has 1 N–H and O–H groups in total. The molecule has 0 aliphatic carbocycles. The van der Waals surface area contributed by atoms with Gasteiger partial charge in [0.05, 0.1) is 17.2 Å². The molecule has 0 spiro atoms. The Kier molecular flexibility index (Phi) is 11.5. The highest BCUT2D eigenvalue weighted by Gasteiger charge is 2.34. The van der Waals surface area contributed by atoms with Crippen molar-refractivity contribution in [3.8, 4) is 5.75 Å². The van der Waals surface area contributed by atoms with Crippen molar-refractivity contribution in [2.75, 3.05) is 23.7 Å². The van der Waals surface area contributed by atoms with Crippen LogP contribution in [-0.4, -0.2) is 56.1 Å². The monoisotopic (exact) mass is 675 g/mol. The van der Waals surface area contributed by atoms with Gasteiger partial charge in [-0.25, -0.2) is 8.42 Å². The number of nitrogens with zero attached hydrogens (tertiary/aromatic N) is 2. The maximum absolute atomic E-state index is 14.2. The Morgan fingerprint density at radius 2 is 1.69 bits per heavy atom. The molecule has 0 saturated heterocycles. The van der Waals surface area contributed by atoms with Gasteiger partial charge in [-0.3, -0.25) is 13.9 Å². The van der Waals surface area contributed by atoms with E-state index in [-0.39, 0.29) is 23.0 Å². The lowest BCUT2D eigenvalue weighted by Crippen LogP contribution is -2.54. The minimum atomic E-state index is -4.21. The molecule has 0 aliphatic rings. The highest BCUT2D eigenvalue weighted by molar-refractivity contribution is 9.10. The minimum absolute atomic E-state index is 0.0384. The molecule has 0 saturated carbocycles. The lowest BCUT2D eigenvalue weighted by molar-refractivity contribution is -0.140. The number of rotatable bonds is 12. The quantitative estimate of drug-likeness (QED) is 0.233. The molecule has 11 heteroatoms. The molecule has 0 fully saturated rings. The number of anilines is 1. The van der Waals surface area contributed by atoms with Crippen molar-refractivity contribution in [3.05, 3.63) is 82.8 Å². The fourth-order valence-corrected chi connectivity index (χ4v) is 6.50. The Balaban J connectivity index is 2.10. The Bertz CT molecular complexity index is 1490. The summed E-state index contributed by atoms with van der Waals surface area (Å²) >= 11 is 4.96. The van der Waals surface area contributed by atoms with Crippen molar-refractivity contribution < 1.29 is 22.7 Å². The van der Waals surface area contributed by atoms with Crippen LogP contribution in [-0.2, 0) is 26.2 Å². The van der Waals surface area contributed by atoms with Gasteiger partial charge in [0.15, 0.2) is 0 Å². The standard InChI is InChI=1S/C31H38BrN3O5S2/c1-7-40-28-14-9-8-13-27(28)35(42(38,39)26-17-15-25(41-6)16-18-26)21-29(36)34(20-23-11-10-12-24(32)19-23)22(2)30(37)33-31(3,4)5/h8-19,22H,7,20-21H2,1-6H3,(H,33,37)/t22-/m1/s1. The Morgan fingerprint density at radius 1 is 1.02 bits per heavy atom. The fraction of sp³-hybridized carbons (Fsp3) is 0.355. The number of nitrogens with one attached hydrogen (secondary N) is 1. The van der Waals surface area contributed by atoms with Crippen molar-refractivity contribution in [2.45, 2.75) is 62.5 Å². The molecule has 226 valence electrons. The van der Waals surface area contributed by atoms with Gasteiger partial charge in [-0.05, 0) is 95.0 Å². The smallest absolute Gasteiger partial charge is 0.264 e. The maximum atomic E-state index is 14.2. The predicted octanol–water partition coefficient (Wildman–Crippen LogP) is 6.10. The molecule has 0 aromatic heterocycles. The molecular formula is C31H38BrN3O5S2. The molecule has 3 aromatic carbocycles. The Hall–Kier alpha value is -3.02. The van der Waals surface area contributed by atoms with Gasteiger partial charge in [-0.1, -0.05) is 40.2 Å². The zero-order valence-electron chi connectivity index (χ0n) is 24.8. The molecule has 0 aliphatic heterocycles. The second kappa shape index (κ2) is 14.4. The molecule has 8 nitrogen and oxygen atoms in total. The zero-order chi connectivity index (χ0) is 31.1. The van der Waals surface area contributed by atoms with Crippen LogP contribution in [0.4, 0.5) is 5.69 Å². The molecule has 0 radical (unpaired) electrons. The third-order valence-electron chi connectivity index (χ3n) is 6.27. The van der Waals surface area contributed by atoms with E-state index in [4.69, 9.17) is 4.74 Å². The topological polar surface area (TPSA) is 96.0 Å². The number of halogens is 1. The van der Waals surface area contributed by atoms with E-state index in [0.717, 1.165) is 19.2 Å². The summed E-state index contributed by atoms with van der Waals surface area (Å²) in [5.74, 6) is -0.557. The van der Waals surface area contributed by atoms with Crippen LogP contribution in [0.5, 0.6) is 5.75 Å². The van der Waals surface area contributed by atoms with Gasteiger partial charge in [-0.15, -0.1) is 11.8 Å². The first kappa shape index (κ1) is 33.5. The van der Waals surface area contributed by atoms with Crippen LogP contribution in [0, 0.1) is 0 Å². The van der Waals surface area contributed by atoms with Crippen LogP contribution >= 0.6 is 27.7 Å². The molecule has 3 rings (SSSR count). The number of sulfonamides is 1. The Morgan fingerprint density at radius 3 is 2.29 bits per heavy atom. The van der Waals surface area contributed by atoms with Gasteiger partial charge in [0.1, 0.15) is 18.3 Å². The van der Waals surface area contributed by atoms with Gasteiger partial charge >= 0.3 is 0 Å². The van der Waals surface area contributed by atoms with Gasteiger partial charge in [-0.2, -0.15) is 0 Å². The number of hydrogen-bond donors (Lipinski definition) is 1. The van der Waals surface area contributed by atoms with Gasteiger partial charge in [0, 0.05) is 21.5 Å². The molecule has 1 atom stereocenters.